The van der Waals surface area contributed by atoms with Gasteiger partial charge in [0.1, 0.15) is 0 Å². The van der Waals surface area contributed by atoms with E-state index >= 15 is 0 Å². The molecule has 2 aromatic rings. The predicted octanol–water partition coefficient (Wildman–Crippen LogP) is 4.05. The van der Waals surface area contributed by atoms with Gasteiger partial charge in [-0.1, -0.05) is 12.1 Å². The summed E-state index contributed by atoms with van der Waals surface area (Å²) in [7, 11) is 0. The van der Waals surface area contributed by atoms with Gasteiger partial charge in [0.2, 0.25) is 0 Å². The number of nitro benzene ring substituents is 1. The lowest BCUT2D eigenvalue weighted by molar-refractivity contribution is -0.384. The molecule has 0 saturated carbocycles. The number of nitro groups is 1. The Balaban J connectivity index is 2.18. The summed E-state index contributed by atoms with van der Waals surface area (Å²) in [6.07, 6.45) is 0. The van der Waals surface area contributed by atoms with Gasteiger partial charge in [-0.25, -0.2) is 8.78 Å². The van der Waals surface area contributed by atoms with Gasteiger partial charge >= 0.3 is 0 Å². The van der Waals surface area contributed by atoms with Crippen molar-refractivity contribution in [2.45, 2.75) is 13.0 Å². The number of benzene rings is 2. The molecule has 0 amide bonds. The van der Waals surface area contributed by atoms with Crippen LogP contribution in [-0.2, 0) is 0 Å². The maximum atomic E-state index is 13.2. The SMILES string of the molecule is CC(Nc1cccc([N+](=O)[O-])c1)c1ccc(F)c(F)c1. The highest BCUT2D eigenvalue weighted by Crippen LogP contribution is 2.23. The summed E-state index contributed by atoms with van der Waals surface area (Å²) < 4.78 is 26.0. The van der Waals surface area contributed by atoms with Crippen LogP contribution < -0.4 is 5.32 Å². The third kappa shape index (κ3) is 3.09. The van der Waals surface area contributed by atoms with E-state index in [2.05, 4.69) is 5.32 Å². The molecular formula is C14H12F2N2O2. The monoisotopic (exact) mass is 278 g/mol. The van der Waals surface area contributed by atoms with Crippen LogP contribution in [0.2, 0.25) is 0 Å². The average Bonchev–Trinajstić information content (AvgIpc) is 2.42. The fourth-order valence-corrected chi connectivity index (χ4v) is 1.82. The van der Waals surface area contributed by atoms with Gasteiger partial charge in [0, 0.05) is 23.9 Å². The Bertz CT molecular complexity index is 647. The predicted molar refractivity (Wildman–Crippen MR) is 71.5 cm³/mol. The molecule has 0 aromatic heterocycles. The van der Waals surface area contributed by atoms with Crippen LogP contribution >= 0.6 is 0 Å². The normalized spacial score (nSPS) is 11.9. The molecule has 0 fully saturated rings. The Kier molecular flexibility index (Phi) is 3.93. The molecule has 1 unspecified atom stereocenters. The first-order chi connectivity index (χ1) is 9.47. The summed E-state index contributed by atoms with van der Waals surface area (Å²) in [6.45, 7) is 1.76. The zero-order valence-corrected chi connectivity index (χ0v) is 10.6. The number of halogens is 2. The van der Waals surface area contributed by atoms with Crippen LogP contribution in [0.5, 0.6) is 0 Å². The number of rotatable bonds is 4. The van der Waals surface area contributed by atoms with Gasteiger partial charge in [-0.2, -0.15) is 0 Å². The largest absolute Gasteiger partial charge is 0.378 e. The maximum absolute atomic E-state index is 13.2. The molecule has 0 aliphatic rings. The molecule has 6 heteroatoms. The molecule has 0 heterocycles. The highest BCUT2D eigenvalue weighted by atomic mass is 19.2. The molecule has 4 nitrogen and oxygen atoms in total. The van der Waals surface area contributed by atoms with E-state index in [1.807, 2.05) is 0 Å². The van der Waals surface area contributed by atoms with E-state index < -0.39 is 16.6 Å². The lowest BCUT2D eigenvalue weighted by atomic mass is 10.1. The fourth-order valence-electron chi connectivity index (χ4n) is 1.82. The van der Waals surface area contributed by atoms with Crippen molar-refractivity contribution >= 4 is 11.4 Å². The third-order valence-corrected chi connectivity index (χ3v) is 2.88. The van der Waals surface area contributed by atoms with Crippen LogP contribution in [0, 0.1) is 21.7 Å². The van der Waals surface area contributed by atoms with Gasteiger partial charge < -0.3 is 5.32 Å². The highest BCUT2D eigenvalue weighted by molar-refractivity contribution is 5.52. The van der Waals surface area contributed by atoms with Crippen LogP contribution in [0.1, 0.15) is 18.5 Å². The zero-order chi connectivity index (χ0) is 14.7. The second-order valence-electron chi connectivity index (χ2n) is 4.35. The van der Waals surface area contributed by atoms with E-state index in [-0.39, 0.29) is 11.7 Å². The third-order valence-electron chi connectivity index (χ3n) is 2.88. The van der Waals surface area contributed by atoms with Gasteiger partial charge in [0.25, 0.3) is 5.69 Å². The first-order valence-corrected chi connectivity index (χ1v) is 5.93. The average molecular weight is 278 g/mol. The molecule has 2 aromatic carbocycles. The molecule has 0 saturated heterocycles. The summed E-state index contributed by atoms with van der Waals surface area (Å²) in [6, 6.07) is 9.30. The van der Waals surface area contributed by atoms with E-state index in [1.165, 1.54) is 18.2 Å². The van der Waals surface area contributed by atoms with E-state index in [1.54, 1.807) is 19.1 Å². The number of hydrogen-bond acceptors (Lipinski definition) is 3. The van der Waals surface area contributed by atoms with Crippen LogP contribution in [-0.4, -0.2) is 4.92 Å². The van der Waals surface area contributed by atoms with Gasteiger partial charge in [0.05, 0.1) is 4.92 Å². The second kappa shape index (κ2) is 5.64. The molecule has 1 atom stereocenters. The summed E-state index contributed by atoms with van der Waals surface area (Å²) >= 11 is 0. The minimum atomic E-state index is -0.921. The van der Waals surface area contributed by atoms with Crippen molar-refractivity contribution in [2.75, 3.05) is 5.32 Å². The summed E-state index contributed by atoms with van der Waals surface area (Å²) in [5.41, 5.74) is 1.05. The van der Waals surface area contributed by atoms with Crippen molar-refractivity contribution < 1.29 is 13.7 Å². The lowest BCUT2D eigenvalue weighted by Crippen LogP contribution is -2.07. The van der Waals surface area contributed by atoms with E-state index in [4.69, 9.17) is 0 Å². The number of nitrogens with zero attached hydrogens (tertiary/aromatic N) is 1. The van der Waals surface area contributed by atoms with E-state index in [0.717, 1.165) is 12.1 Å². The van der Waals surface area contributed by atoms with Crippen molar-refractivity contribution in [2.24, 2.45) is 0 Å². The standard InChI is InChI=1S/C14H12F2N2O2/c1-9(10-5-6-13(15)14(16)7-10)17-11-3-2-4-12(8-11)18(19)20/h2-9,17H,1H3. The molecule has 20 heavy (non-hydrogen) atoms. The van der Waals surface area contributed by atoms with Crippen LogP contribution in [0.15, 0.2) is 42.5 Å². The molecule has 104 valence electrons. The molecule has 0 radical (unpaired) electrons. The maximum Gasteiger partial charge on any atom is 0.271 e. The molecule has 0 aliphatic carbocycles. The van der Waals surface area contributed by atoms with Gasteiger partial charge in [-0.3, -0.25) is 10.1 Å². The van der Waals surface area contributed by atoms with Crippen LogP contribution in [0.3, 0.4) is 0 Å². The molecule has 0 bridgehead atoms. The van der Waals surface area contributed by atoms with Crippen molar-refractivity contribution in [3.63, 3.8) is 0 Å². The molecule has 0 aliphatic heterocycles. The van der Waals surface area contributed by atoms with Crippen molar-refractivity contribution in [3.05, 3.63) is 69.8 Å². The van der Waals surface area contributed by atoms with Crippen molar-refractivity contribution in [1.82, 2.24) is 0 Å². The van der Waals surface area contributed by atoms with Crippen LogP contribution in [0.25, 0.3) is 0 Å². The highest BCUT2D eigenvalue weighted by Gasteiger charge is 2.11. The summed E-state index contributed by atoms with van der Waals surface area (Å²) in [4.78, 5) is 10.2. The van der Waals surface area contributed by atoms with Gasteiger partial charge in [0.15, 0.2) is 11.6 Å². The topological polar surface area (TPSA) is 55.2 Å². The Hall–Kier alpha value is -2.50. The molecule has 1 N–H and O–H groups in total. The van der Waals surface area contributed by atoms with Gasteiger partial charge in [-0.15, -0.1) is 0 Å². The first-order valence-electron chi connectivity index (χ1n) is 5.93. The summed E-state index contributed by atoms with van der Waals surface area (Å²) in [5.74, 6) is -1.83. The van der Waals surface area contributed by atoms with Crippen molar-refractivity contribution in [1.29, 1.82) is 0 Å². The van der Waals surface area contributed by atoms with E-state index in [0.29, 0.717) is 11.3 Å². The Morgan fingerprint density at radius 3 is 2.55 bits per heavy atom. The zero-order valence-electron chi connectivity index (χ0n) is 10.6. The number of non-ortho nitro benzene ring substituents is 1. The minimum absolute atomic E-state index is 0.0347. The smallest absolute Gasteiger partial charge is 0.271 e. The van der Waals surface area contributed by atoms with Gasteiger partial charge in [-0.05, 0) is 30.7 Å². The fraction of sp³-hybridized carbons (Fsp3) is 0.143. The summed E-state index contributed by atoms with van der Waals surface area (Å²) in [5, 5.41) is 13.7. The quantitative estimate of drug-likeness (QED) is 0.678. The molecule has 0 spiro atoms. The lowest BCUT2D eigenvalue weighted by Gasteiger charge is -2.15. The van der Waals surface area contributed by atoms with Crippen LogP contribution in [0.4, 0.5) is 20.2 Å². The van der Waals surface area contributed by atoms with E-state index in [9.17, 15) is 18.9 Å². The Morgan fingerprint density at radius 1 is 1.15 bits per heavy atom. The number of nitrogens with one attached hydrogen (secondary N) is 1. The Labute approximate surface area is 114 Å². The first kappa shape index (κ1) is 13.9. The van der Waals surface area contributed by atoms with Crippen molar-refractivity contribution in [3.8, 4) is 0 Å². The second-order valence-corrected chi connectivity index (χ2v) is 4.35. The molecular weight excluding hydrogens is 266 g/mol. The molecule has 2 rings (SSSR count). The number of anilines is 1. The Morgan fingerprint density at radius 2 is 1.90 bits per heavy atom. The minimum Gasteiger partial charge on any atom is -0.378 e. The number of hydrogen-bond donors (Lipinski definition) is 1.